The molecule has 6 nitrogen and oxygen atoms in total. The molecule has 0 bridgehead atoms. The molecule has 0 saturated heterocycles. The van der Waals surface area contributed by atoms with Crippen LogP contribution in [0.2, 0.25) is 0 Å². The Balaban J connectivity index is 1.50. The van der Waals surface area contributed by atoms with Crippen molar-refractivity contribution < 1.29 is 13.9 Å². The van der Waals surface area contributed by atoms with E-state index in [4.69, 9.17) is 9.15 Å². The van der Waals surface area contributed by atoms with Crippen LogP contribution in [0.5, 0.6) is 5.75 Å². The Morgan fingerprint density at radius 1 is 1.10 bits per heavy atom. The molecule has 4 rings (SSSR count). The normalized spacial score (nSPS) is 11.0. The number of ether oxygens (including phenoxy) is 1. The molecular formula is C24H17BrN2O4. The maximum Gasteiger partial charge on any atom is 0.347 e. The fraction of sp³-hybridized carbons (Fsp3) is 0.0417. The standard InChI is InChI=1S/C24H17BrN2O4/c1-30-21-12-9-17(25)14-16(21)8-13-22(28)26-18-10-6-15(7-11-18)23-27-20-5-3-2-4-19(20)24(29)31-23/h2-14H,1H3,(H,26,28)/b13-8+. The molecule has 0 atom stereocenters. The Morgan fingerprint density at radius 2 is 1.87 bits per heavy atom. The number of hydrogen-bond acceptors (Lipinski definition) is 5. The van der Waals surface area contributed by atoms with Gasteiger partial charge in [0.2, 0.25) is 11.8 Å². The van der Waals surface area contributed by atoms with Crippen LogP contribution in [-0.4, -0.2) is 18.0 Å². The number of rotatable bonds is 5. The van der Waals surface area contributed by atoms with Gasteiger partial charge in [0.15, 0.2) is 0 Å². The molecule has 0 unspecified atom stereocenters. The molecule has 1 N–H and O–H groups in total. The number of fused-ring (bicyclic) bond motifs is 1. The van der Waals surface area contributed by atoms with Gasteiger partial charge in [0.25, 0.3) is 0 Å². The minimum absolute atomic E-state index is 0.225. The van der Waals surface area contributed by atoms with E-state index in [2.05, 4.69) is 26.2 Å². The zero-order valence-electron chi connectivity index (χ0n) is 16.5. The van der Waals surface area contributed by atoms with Crippen LogP contribution in [0.15, 0.2) is 86.5 Å². The van der Waals surface area contributed by atoms with Crippen molar-refractivity contribution in [3.63, 3.8) is 0 Å². The predicted molar refractivity (Wildman–Crippen MR) is 124 cm³/mol. The van der Waals surface area contributed by atoms with Crippen molar-refractivity contribution >= 4 is 44.5 Å². The quantitative estimate of drug-likeness (QED) is 0.396. The summed E-state index contributed by atoms with van der Waals surface area (Å²) in [4.78, 5) is 28.9. The van der Waals surface area contributed by atoms with Crippen molar-refractivity contribution in [3.05, 3.63) is 93.3 Å². The predicted octanol–water partition coefficient (Wildman–Crippen LogP) is 5.28. The number of nitrogens with one attached hydrogen (secondary N) is 1. The summed E-state index contributed by atoms with van der Waals surface area (Å²) in [5.74, 6) is 0.606. The third-order valence-corrected chi connectivity index (χ3v) is 5.03. The summed E-state index contributed by atoms with van der Waals surface area (Å²) in [5, 5.41) is 3.23. The Labute approximate surface area is 186 Å². The van der Waals surface area contributed by atoms with Crippen LogP contribution in [-0.2, 0) is 4.79 Å². The fourth-order valence-electron chi connectivity index (χ4n) is 3.02. The van der Waals surface area contributed by atoms with Crippen molar-refractivity contribution in [3.8, 4) is 17.2 Å². The Bertz CT molecular complexity index is 1340. The minimum atomic E-state index is -0.439. The molecule has 0 aliphatic rings. The van der Waals surface area contributed by atoms with Crippen LogP contribution in [0.1, 0.15) is 5.56 Å². The van der Waals surface area contributed by atoms with Gasteiger partial charge in [-0.25, -0.2) is 9.78 Å². The summed E-state index contributed by atoms with van der Waals surface area (Å²) >= 11 is 3.41. The molecule has 0 saturated carbocycles. The topological polar surface area (TPSA) is 81.4 Å². The summed E-state index contributed by atoms with van der Waals surface area (Å²) in [6, 6.07) is 19.5. The van der Waals surface area contributed by atoms with Gasteiger partial charge in [0.05, 0.1) is 18.0 Å². The number of nitrogens with zero attached hydrogens (tertiary/aromatic N) is 1. The number of aromatic nitrogens is 1. The van der Waals surface area contributed by atoms with Crippen LogP contribution in [0.3, 0.4) is 0 Å². The van der Waals surface area contributed by atoms with Crippen molar-refractivity contribution in [2.24, 2.45) is 0 Å². The van der Waals surface area contributed by atoms with Crippen LogP contribution >= 0.6 is 15.9 Å². The Hall–Kier alpha value is -3.71. The minimum Gasteiger partial charge on any atom is -0.496 e. The smallest absolute Gasteiger partial charge is 0.347 e. The van der Waals surface area contributed by atoms with E-state index in [1.165, 1.54) is 6.08 Å². The van der Waals surface area contributed by atoms with Gasteiger partial charge in [-0.15, -0.1) is 0 Å². The molecule has 0 radical (unpaired) electrons. The molecule has 154 valence electrons. The van der Waals surface area contributed by atoms with Gasteiger partial charge in [-0.1, -0.05) is 28.1 Å². The first-order chi connectivity index (χ1) is 15.0. The van der Waals surface area contributed by atoms with Crippen molar-refractivity contribution in [1.82, 2.24) is 4.98 Å². The Morgan fingerprint density at radius 3 is 2.65 bits per heavy atom. The summed E-state index contributed by atoms with van der Waals surface area (Å²) in [6.07, 6.45) is 3.11. The first-order valence-corrected chi connectivity index (χ1v) is 10.2. The van der Waals surface area contributed by atoms with Gasteiger partial charge in [-0.3, -0.25) is 4.79 Å². The summed E-state index contributed by atoms with van der Waals surface area (Å²) in [6.45, 7) is 0. The lowest BCUT2D eigenvalue weighted by atomic mass is 10.1. The highest BCUT2D eigenvalue weighted by Crippen LogP contribution is 2.24. The van der Waals surface area contributed by atoms with Crippen LogP contribution in [0, 0.1) is 0 Å². The van der Waals surface area contributed by atoms with Crippen LogP contribution in [0.25, 0.3) is 28.4 Å². The molecule has 1 heterocycles. The zero-order chi connectivity index (χ0) is 21.8. The second-order valence-electron chi connectivity index (χ2n) is 6.61. The fourth-order valence-corrected chi connectivity index (χ4v) is 3.40. The van der Waals surface area contributed by atoms with Crippen molar-refractivity contribution in [2.75, 3.05) is 12.4 Å². The number of halogens is 1. The van der Waals surface area contributed by atoms with E-state index >= 15 is 0 Å². The monoisotopic (exact) mass is 476 g/mol. The van der Waals surface area contributed by atoms with Gasteiger partial charge in [-0.05, 0) is 60.7 Å². The van der Waals surface area contributed by atoms with Gasteiger partial charge in [0, 0.05) is 27.4 Å². The van der Waals surface area contributed by atoms with E-state index in [0.29, 0.717) is 27.9 Å². The third kappa shape index (κ3) is 4.73. The maximum absolute atomic E-state index is 12.3. The summed E-state index contributed by atoms with van der Waals surface area (Å²) in [7, 11) is 1.58. The second-order valence-corrected chi connectivity index (χ2v) is 7.53. The zero-order valence-corrected chi connectivity index (χ0v) is 18.0. The Kier molecular flexibility index (Phi) is 5.95. The molecule has 0 fully saturated rings. The summed E-state index contributed by atoms with van der Waals surface area (Å²) < 4.78 is 11.5. The van der Waals surface area contributed by atoms with E-state index in [9.17, 15) is 9.59 Å². The largest absolute Gasteiger partial charge is 0.496 e. The number of methoxy groups -OCH3 is 1. The molecule has 1 aromatic heterocycles. The molecule has 0 spiro atoms. The van der Waals surface area contributed by atoms with E-state index in [0.717, 1.165) is 10.0 Å². The van der Waals surface area contributed by atoms with E-state index in [1.807, 2.05) is 24.3 Å². The lowest BCUT2D eigenvalue weighted by Crippen LogP contribution is -2.07. The first-order valence-electron chi connectivity index (χ1n) is 9.36. The van der Waals surface area contributed by atoms with Crippen molar-refractivity contribution in [2.45, 2.75) is 0 Å². The lowest BCUT2D eigenvalue weighted by Gasteiger charge is -2.06. The van der Waals surface area contributed by atoms with Crippen LogP contribution in [0.4, 0.5) is 5.69 Å². The first kappa shape index (κ1) is 20.6. The van der Waals surface area contributed by atoms with Crippen molar-refractivity contribution in [1.29, 1.82) is 0 Å². The number of anilines is 1. The number of benzene rings is 3. The second kappa shape index (κ2) is 8.97. The highest BCUT2D eigenvalue weighted by Gasteiger charge is 2.09. The third-order valence-electron chi connectivity index (χ3n) is 4.54. The van der Waals surface area contributed by atoms with Gasteiger partial charge in [-0.2, -0.15) is 0 Å². The molecule has 31 heavy (non-hydrogen) atoms. The number of para-hydroxylation sites is 1. The van der Waals surface area contributed by atoms with Crippen LogP contribution < -0.4 is 15.7 Å². The van der Waals surface area contributed by atoms with Gasteiger partial charge >= 0.3 is 5.63 Å². The maximum atomic E-state index is 12.3. The molecule has 3 aromatic carbocycles. The van der Waals surface area contributed by atoms with E-state index in [1.54, 1.807) is 55.7 Å². The molecule has 7 heteroatoms. The molecular weight excluding hydrogens is 460 g/mol. The number of hydrogen-bond donors (Lipinski definition) is 1. The van der Waals surface area contributed by atoms with E-state index < -0.39 is 5.63 Å². The highest BCUT2D eigenvalue weighted by atomic mass is 79.9. The highest BCUT2D eigenvalue weighted by molar-refractivity contribution is 9.10. The lowest BCUT2D eigenvalue weighted by molar-refractivity contribution is -0.111. The van der Waals surface area contributed by atoms with Gasteiger partial charge < -0.3 is 14.5 Å². The average Bonchev–Trinajstić information content (AvgIpc) is 2.78. The van der Waals surface area contributed by atoms with Gasteiger partial charge in [0.1, 0.15) is 5.75 Å². The van der Waals surface area contributed by atoms with E-state index in [-0.39, 0.29) is 11.8 Å². The molecule has 0 aliphatic carbocycles. The number of amides is 1. The SMILES string of the molecule is COc1ccc(Br)cc1/C=C/C(=O)Nc1ccc(-c2nc3ccccc3c(=O)o2)cc1. The number of carbonyl (C=O) groups excluding carboxylic acids is 1. The summed E-state index contributed by atoms with van der Waals surface area (Å²) in [5.41, 5.74) is 2.14. The number of carbonyl (C=O) groups is 1. The average molecular weight is 477 g/mol. The molecule has 4 aromatic rings. The molecule has 1 amide bonds. The molecule has 0 aliphatic heterocycles.